The van der Waals surface area contributed by atoms with Crippen LogP contribution in [-0.4, -0.2) is 28.0 Å². The van der Waals surface area contributed by atoms with Gasteiger partial charge in [-0.05, 0) is 63.2 Å². The summed E-state index contributed by atoms with van der Waals surface area (Å²) in [6, 6.07) is 31.1. The first kappa shape index (κ1) is 28.8. The van der Waals surface area contributed by atoms with E-state index in [0.717, 1.165) is 5.56 Å². The lowest BCUT2D eigenvalue weighted by Crippen LogP contribution is -2.26. The SMILES string of the molecule is Cc1ccc(S(=O)(=O)Oc2ccccc2C(c2c(C)[nH]n(-c3ccccc3)c2=O)c2c(C)[nH]n(-c3ccccc3)c2=O)cc1. The molecule has 0 saturated carbocycles. The number of rotatable bonds is 8. The van der Waals surface area contributed by atoms with Crippen molar-refractivity contribution in [3.63, 3.8) is 0 Å². The summed E-state index contributed by atoms with van der Waals surface area (Å²) >= 11 is 0. The molecule has 2 aromatic heterocycles. The number of aromatic nitrogens is 4. The molecule has 6 rings (SSSR count). The average Bonchev–Trinajstić information content (AvgIpc) is 3.49. The molecule has 222 valence electrons. The standard InChI is InChI=1S/C34H30N4O5S/c1-22-18-20-27(21-19-22)44(41,42)43-29-17-11-10-16-28(29)32(30-23(2)35-37(33(30)39)25-12-6-4-7-13-25)31-24(3)36-38(34(31)40)26-14-8-5-9-15-26/h4-21,32,35-36H,1-3H3. The minimum atomic E-state index is -4.25. The summed E-state index contributed by atoms with van der Waals surface area (Å²) in [7, 11) is -4.25. The quantitative estimate of drug-likeness (QED) is 0.221. The van der Waals surface area contributed by atoms with E-state index >= 15 is 0 Å². The number of aromatic amines is 2. The van der Waals surface area contributed by atoms with Crippen molar-refractivity contribution < 1.29 is 12.6 Å². The van der Waals surface area contributed by atoms with Crippen molar-refractivity contribution in [1.82, 2.24) is 19.6 Å². The van der Waals surface area contributed by atoms with Crippen LogP contribution in [0.4, 0.5) is 0 Å². The zero-order valence-electron chi connectivity index (χ0n) is 24.3. The van der Waals surface area contributed by atoms with E-state index in [-0.39, 0.29) is 32.9 Å². The molecule has 0 spiro atoms. The smallest absolute Gasteiger partial charge is 0.339 e. The Morgan fingerprint density at radius 2 is 1.07 bits per heavy atom. The molecule has 0 unspecified atom stereocenters. The predicted molar refractivity (Wildman–Crippen MR) is 169 cm³/mol. The van der Waals surface area contributed by atoms with Gasteiger partial charge in [-0.2, -0.15) is 8.42 Å². The fourth-order valence-electron chi connectivity index (χ4n) is 5.44. The Balaban J connectivity index is 1.59. The molecule has 0 fully saturated rings. The van der Waals surface area contributed by atoms with Gasteiger partial charge in [0, 0.05) is 17.0 Å². The summed E-state index contributed by atoms with van der Waals surface area (Å²) in [4.78, 5) is 28.4. The van der Waals surface area contributed by atoms with Gasteiger partial charge in [0.05, 0.1) is 28.4 Å². The number of para-hydroxylation sites is 3. The summed E-state index contributed by atoms with van der Waals surface area (Å²) in [6.07, 6.45) is 0. The van der Waals surface area contributed by atoms with Crippen LogP contribution in [0.5, 0.6) is 5.75 Å². The molecule has 0 bridgehead atoms. The van der Waals surface area contributed by atoms with Crippen molar-refractivity contribution in [3.05, 3.63) is 164 Å². The van der Waals surface area contributed by atoms with Crippen LogP contribution >= 0.6 is 0 Å². The lowest BCUT2D eigenvalue weighted by atomic mass is 9.85. The van der Waals surface area contributed by atoms with Crippen LogP contribution in [0.2, 0.25) is 0 Å². The second-order valence-corrected chi connectivity index (χ2v) is 12.1. The van der Waals surface area contributed by atoms with Crippen LogP contribution in [0.1, 0.15) is 39.6 Å². The average molecular weight is 607 g/mol. The van der Waals surface area contributed by atoms with E-state index in [1.165, 1.54) is 27.6 Å². The van der Waals surface area contributed by atoms with Crippen molar-refractivity contribution >= 4 is 10.1 Å². The zero-order valence-corrected chi connectivity index (χ0v) is 25.1. The molecule has 0 amide bonds. The molecule has 0 aliphatic rings. The van der Waals surface area contributed by atoms with E-state index in [1.807, 2.05) is 43.3 Å². The maximum absolute atomic E-state index is 14.2. The molecule has 0 atom stereocenters. The summed E-state index contributed by atoms with van der Waals surface area (Å²) < 4.78 is 35.5. The van der Waals surface area contributed by atoms with Gasteiger partial charge in [-0.25, -0.2) is 9.36 Å². The van der Waals surface area contributed by atoms with Gasteiger partial charge in [0.2, 0.25) is 0 Å². The van der Waals surface area contributed by atoms with Crippen LogP contribution in [0.15, 0.2) is 124 Å². The molecule has 2 N–H and O–H groups in total. The Hall–Kier alpha value is -5.35. The van der Waals surface area contributed by atoms with E-state index in [1.54, 1.807) is 68.4 Å². The first-order valence-corrected chi connectivity index (χ1v) is 15.4. The molecule has 0 saturated heterocycles. The van der Waals surface area contributed by atoms with E-state index in [4.69, 9.17) is 4.18 Å². The number of H-pyrrole nitrogens is 2. The molecule has 0 aliphatic carbocycles. The van der Waals surface area contributed by atoms with Crippen molar-refractivity contribution in [3.8, 4) is 17.1 Å². The van der Waals surface area contributed by atoms with Crippen molar-refractivity contribution in [2.24, 2.45) is 0 Å². The zero-order chi connectivity index (χ0) is 31.0. The Morgan fingerprint density at radius 1 is 0.614 bits per heavy atom. The number of benzene rings is 4. The highest BCUT2D eigenvalue weighted by molar-refractivity contribution is 7.87. The normalized spacial score (nSPS) is 11.6. The number of nitrogens with zero attached hydrogens (tertiary/aromatic N) is 2. The Kier molecular flexibility index (Phi) is 7.44. The topological polar surface area (TPSA) is 119 Å². The lowest BCUT2D eigenvalue weighted by molar-refractivity contribution is 0.482. The van der Waals surface area contributed by atoms with Gasteiger partial charge in [-0.15, -0.1) is 0 Å². The van der Waals surface area contributed by atoms with Crippen LogP contribution in [0.3, 0.4) is 0 Å². The molecule has 4 aromatic carbocycles. The molecule has 44 heavy (non-hydrogen) atoms. The Morgan fingerprint density at radius 3 is 1.57 bits per heavy atom. The molecule has 6 aromatic rings. The second kappa shape index (κ2) is 11.4. The highest BCUT2D eigenvalue weighted by Gasteiger charge is 2.33. The highest BCUT2D eigenvalue weighted by atomic mass is 32.2. The lowest BCUT2D eigenvalue weighted by Gasteiger charge is -2.19. The third-order valence-corrected chi connectivity index (χ3v) is 8.83. The Labute approximate surface area is 254 Å². The van der Waals surface area contributed by atoms with Crippen LogP contribution in [0.25, 0.3) is 11.4 Å². The minimum Gasteiger partial charge on any atom is -0.379 e. The van der Waals surface area contributed by atoms with Crippen LogP contribution in [0, 0.1) is 20.8 Å². The first-order valence-electron chi connectivity index (χ1n) is 14.0. The summed E-state index contributed by atoms with van der Waals surface area (Å²) in [5.41, 5.74) is 3.35. The van der Waals surface area contributed by atoms with Gasteiger partial charge in [-0.3, -0.25) is 19.8 Å². The maximum Gasteiger partial charge on any atom is 0.339 e. The van der Waals surface area contributed by atoms with Gasteiger partial charge in [0.25, 0.3) is 11.1 Å². The first-order chi connectivity index (χ1) is 21.2. The van der Waals surface area contributed by atoms with E-state index < -0.39 is 16.0 Å². The number of aryl methyl sites for hydroxylation is 3. The number of nitrogens with one attached hydrogen (secondary N) is 2. The van der Waals surface area contributed by atoms with E-state index in [2.05, 4.69) is 10.2 Å². The monoisotopic (exact) mass is 606 g/mol. The summed E-state index contributed by atoms with van der Waals surface area (Å²) in [5.74, 6) is -0.975. The minimum absolute atomic E-state index is 0.00981. The largest absolute Gasteiger partial charge is 0.379 e. The third-order valence-electron chi connectivity index (χ3n) is 7.58. The van der Waals surface area contributed by atoms with Crippen LogP contribution in [-0.2, 0) is 10.1 Å². The molecular formula is C34H30N4O5S. The molecule has 2 heterocycles. The number of hydrogen-bond acceptors (Lipinski definition) is 5. The molecule has 0 aliphatic heterocycles. The van der Waals surface area contributed by atoms with E-state index in [0.29, 0.717) is 28.3 Å². The molecule has 9 nitrogen and oxygen atoms in total. The van der Waals surface area contributed by atoms with Crippen molar-refractivity contribution in [2.45, 2.75) is 31.6 Å². The maximum atomic E-state index is 14.2. The summed E-state index contributed by atoms with van der Waals surface area (Å²) in [5, 5.41) is 6.30. The molecular weight excluding hydrogens is 576 g/mol. The number of hydrogen-bond donors (Lipinski definition) is 2. The molecule has 10 heteroatoms. The Bertz CT molecular complexity index is 2080. The van der Waals surface area contributed by atoms with Crippen molar-refractivity contribution in [1.29, 1.82) is 0 Å². The molecule has 0 radical (unpaired) electrons. The highest BCUT2D eigenvalue weighted by Crippen LogP contribution is 2.38. The van der Waals surface area contributed by atoms with Crippen LogP contribution < -0.4 is 15.3 Å². The van der Waals surface area contributed by atoms with Gasteiger partial charge >= 0.3 is 10.1 Å². The van der Waals surface area contributed by atoms with Gasteiger partial charge < -0.3 is 4.18 Å². The van der Waals surface area contributed by atoms with E-state index in [9.17, 15) is 18.0 Å². The predicted octanol–water partition coefficient (Wildman–Crippen LogP) is 5.52. The van der Waals surface area contributed by atoms with Gasteiger partial charge in [0.1, 0.15) is 10.6 Å². The third kappa shape index (κ3) is 5.20. The second-order valence-electron chi connectivity index (χ2n) is 10.6. The van der Waals surface area contributed by atoms with Gasteiger partial charge in [0.15, 0.2) is 0 Å². The van der Waals surface area contributed by atoms with Gasteiger partial charge in [-0.1, -0.05) is 72.3 Å². The fraction of sp³-hybridized carbons (Fsp3) is 0.118. The van der Waals surface area contributed by atoms with Crippen molar-refractivity contribution in [2.75, 3.05) is 0 Å². The fourth-order valence-corrected chi connectivity index (χ4v) is 6.39. The summed E-state index contributed by atoms with van der Waals surface area (Å²) in [6.45, 7) is 5.38.